The van der Waals surface area contributed by atoms with Gasteiger partial charge in [0.05, 0.1) is 28.1 Å². The van der Waals surface area contributed by atoms with E-state index in [1.807, 2.05) is 11.8 Å². The minimum Gasteiger partial charge on any atom is -0.488 e. The Morgan fingerprint density at radius 1 is 1.07 bits per heavy atom. The second-order valence-electron chi connectivity index (χ2n) is 11.8. The molecular weight excluding hydrogens is 651 g/mol. The third kappa shape index (κ3) is 6.05. The maximum absolute atomic E-state index is 15.3. The maximum atomic E-state index is 15.3. The number of carbonyl (C=O) groups is 1. The lowest BCUT2D eigenvalue weighted by Crippen LogP contribution is -2.54. The van der Waals surface area contributed by atoms with Crippen molar-refractivity contribution in [2.24, 2.45) is 0 Å². The molecule has 0 saturated carbocycles. The predicted molar refractivity (Wildman–Crippen MR) is 168 cm³/mol. The number of benzene rings is 2. The first-order valence-corrected chi connectivity index (χ1v) is 15.7. The van der Waals surface area contributed by atoms with Crippen molar-refractivity contribution in [3.8, 4) is 16.9 Å². The molecule has 4 heterocycles. The molecular formula is C31H32Cl2F4N6O3. The van der Waals surface area contributed by atoms with Crippen LogP contribution in [0.25, 0.3) is 22.0 Å². The van der Waals surface area contributed by atoms with Gasteiger partial charge in [0.2, 0.25) is 5.91 Å². The van der Waals surface area contributed by atoms with Crippen molar-refractivity contribution >= 4 is 45.8 Å². The third-order valence-corrected chi connectivity index (χ3v) is 9.46. The number of piperazine rings is 2. The number of alkyl halides is 2. The number of ether oxygens (including phenoxy) is 1. The highest BCUT2D eigenvalue weighted by Gasteiger charge is 2.35. The van der Waals surface area contributed by atoms with E-state index >= 15 is 4.39 Å². The van der Waals surface area contributed by atoms with Crippen LogP contribution < -0.4 is 15.3 Å². The Balaban J connectivity index is 1.46. The maximum Gasteiger partial charge on any atom is 0.350 e. The van der Waals surface area contributed by atoms with Gasteiger partial charge >= 0.3 is 5.69 Å². The van der Waals surface area contributed by atoms with Gasteiger partial charge in [-0.3, -0.25) is 19.2 Å². The van der Waals surface area contributed by atoms with Gasteiger partial charge in [0.25, 0.3) is 6.43 Å². The molecule has 0 spiro atoms. The lowest BCUT2D eigenvalue weighted by atomic mass is 9.99. The molecule has 0 aliphatic carbocycles. The summed E-state index contributed by atoms with van der Waals surface area (Å²) in [4.78, 5) is 38.2. The van der Waals surface area contributed by atoms with Crippen molar-refractivity contribution in [3.05, 3.63) is 63.0 Å². The molecule has 246 valence electrons. The topological polar surface area (TPSA) is 74.1 Å². The van der Waals surface area contributed by atoms with E-state index in [0.717, 1.165) is 6.07 Å². The summed E-state index contributed by atoms with van der Waals surface area (Å²) in [5.41, 5.74) is -0.189. The van der Waals surface area contributed by atoms with Crippen LogP contribution >= 0.6 is 23.2 Å². The number of amides is 1. The third-order valence-electron chi connectivity index (χ3n) is 8.88. The average molecular weight is 684 g/mol. The summed E-state index contributed by atoms with van der Waals surface area (Å²) < 4.78 is 63.0. The standard InChI is InChI=1S/C31H32Cl2F4N6O3/c1-3-26(44)41-8-9-42(17(2)13-41)30-20-11-22(33)27(19-10-21(32)24(35)12-23(19)34)29-28(20)43(31(45)38-30)18(16-46-29)14-39-4-6-40(7-5-39)15-25(36)37/h3,10-12,17-18,25H,1,4-9,13-16H2,2H3/t17-,18-/m0/s1. The molecule has 0 unspecified atom stereocenters. The zero-order chi connectivity index (χ0) is 32.9. The van der Waals surface area contributed by atoms with Gasteiger partial charge in [0, 0.05) is 81.0 Å². The van der Waals surface area contributed by atoms with E-state index in [1.54, 1.807) is 15.9 Å². The van der Waals surface area contributed by atoms with E-state index in [0.29, 0.717) is 75.1 Å². The molecule has 1 aromatic heterocycles. The minimum absolute atomic E-state index is 0.0168. The largest absolute Gasteiger partial charge is 0.488 e. The van der Waals surface area contributed by atoms with Gasteiger partial charge in [-0.15, -0.1) is 0 Å². The summed E-state index contributed by atoms with van der Waals surface area (Å²) in [5, 5.41) is 0.255. The molecule has 46 heavy (non-hydrogen) atoms. The zero-order valence-corrected chi connectivity index (χ0v) is 26.5. The van der Waals surface area contributed by atoms with Crippen molar-refractivity contribution in [2.75, 3.05) is 70.4 Å². The summed E-state index contributed by atoms with van der Waals surface area (Å²) in [6.07, 6.45) is -1.16. The smallest absolute Gasteiger partial charge is 0.350 e. The van der Waals surface area contributed by atoms with Crippen molar-refractivity contribution in [1.29, 1.82) is 0 Å². The molecule has 0 radical (unpaired) electrons. The summed E-state index contributed by atoms with van der Waals surface area (Å²) >= 11 is 12.9. The van der Waals surface area contributed by atoms with Crippen molar-refractivity contribution < 1.29 is 27.1 Å². The summed E-state index contributed by atoms with van der Waals surface area (Å²) in [5.74, 6) is -1.57. The molecule has 2 atom stereocenters. The van der Waals surface area contributed by atoms with Gasteiger partial charge in [-0.05, 0) is 25.1 Å². The Labute approximate surface area is 272 Å². The summed E-state index contributed by atoms with van der Waals surface area (Å²) in [6, 6.07) is 2.64. The Kier molecular flexibility index (Phi) is 9.21. The van der Waals surface area contributed by atoms with Gasteiger partial charge < -0.3 is 14.5 Å². The molecule has 2 fully saturated rings. The van der Waals surface area contributed by atoms with E-state index in [4.69, 9.17) is 27.9 Å². The first-order chi connectivity index (χ1) is 22.0. The van der Waals surface area contributed by atoms with Gasteiger partial charge in [-0.2, -0.15) is 4.98 Å². The van der Waals surface area contributed by atoms with Crippen LogP contribution in [0.4, 0.5) is 23.4 Å². The Morgan fingerprint density at radius 2 is 1.78 bits per heavy atom. The molecule has 6 rings (SSSR count). The molecule has 2 aromatic carbocycles. The van der Waals surface area contributed by atoms with E-state index in [1.165, 1.54) is 10.6 Å². The fourth-order valence-corrected chi connectivity index (χ4v) is 7.09. The molecule has 2 saturated heterocycles. The summed E-state index contributed by atoms with van der Waals surface area (Å²) in [7, 11) is 0. The lowest BCUT2D eigenvalue weighted by molar-refractivity contribution is -0.126. The number of hydrogen-bond acceptors (Lipinski definition) is 7. The molecule has 0 bridgehead atoms. The number of hydrogen-bond donors (Lipinski definition) is 0. The highest BCUT2D eigenvalue weighted by Crippen LogP contribution is 2.48. The summed E-state index contributed by atoms with van der Waals surface area (Å²) in [6.45, 7) is 8.65. The Bertz CT molecular complexity index is 1750. The number of rotatable bonds is 7. The van der Waals surface area contributed by atoms with E-state index in [-0.39, 0.29) is 52.0 Å². The van der Waals surface area contributed by atoms with Crippen molar-refractivity contribution in [2.45, 2.75) is 25.4 Å². The fourth-order valence-electron chi connectivity index (χ4n) is 6.63. The molecule has 3 aliphatic rings. The Morgan fingerprint density at radius 3 is 2.46 bits per heavy atom. The second kappa shape index (κ2) is 13.0. The van der Waals surface area contributed by atoms with Crippen LogP contribution in [0.15, 0.2) is 35.6 Å². The highest BCUT2D eigenvalue weighted by molar-refractivity contribution is 6.35. The van der Waals surface area contributed by atoms with Crippen LogP contribution in [-0.2, 0) is 4.79 Å². The molecule has 1 amide bonds. The predicted octanol–water partition coefficient (Wildman–Crippen LogP) is 4.69. The Hall–Kier alpha value is -3.39. The molecule has 3 aromatic rings. The van der Waals surface area contributed by atoms with Gasteiger partial charge in [-0.1, -0.05) is 29.8 Å². The number of carbonyl (C=O) groups excluding carboxylic acids is 1. The average Bonchev–Trinajstić information content (AvgIpc) is 3.01. The van der Waals surface area contributed by atoms with Crippen LogP contribution in [-0.4, -0.2) is 108 Å². The monoisotopic (exact) mass is 682 g/mol. The van der Waals surface area contributed by atoms with Crippen molar-refractivity contribution in [1.82, 2.24) is 24.3 Å². The minimum atomic E-state index is -2.42. The number of anilines is 1. The van der Waals surface area contributed by atoms with Crippen LogP contribution in [0.5, 0.6) is 5.75 Å². The lowest BCUT2D eigenvalue weighted by Gasteiger charge is -2.41. The van der Waals surface area contributed by atoms with Crippen LogP contribution in [0.3, 0.4) is 0 Å². The quantitative estimate of drug-likeness (QED) is 0.204. The zero-order valence-electron chi connectivity index (χ0n) is 25.0. The van der Waals surface area contributed by atoms with Crippen LogP contribution in [0.2, 0.25) is 10.0 Å². The van der Waals surface area contributed by atoms with Crippen LogP contribution in [0, 0.1) is 11.6 Å². The highest BCUT2D eigenvalue weighted by atomic mass is 35.5. The number of aromatic nitrogens is 2. The second-order valence-corrected chi connectivity index (χ2v) is 12.6. The van der Waals surface area contributed by atoms with Gasteiger partial charge in [0.1, 0.15) is 24.1 Å². The molecule has 9 nitrogen and oxygen atoms in total. The molecule has 0 N–H and O–H groups in total. The fraction of sp³-hybridized carbons (Fsp3) is 0.452. The SMILES string of the molecule is C=CC(=O)N1CCN(c2nc(=O)n3c4c(c(-c5cc(Cl)c(F)cc5F)c(Cl)cc24)OC[C@@H]3CN2CCN(CC(F)F)CC2)[C@@H](C)C1. The molecule has 15 heteroatoms. The van der Waals surface area contributed by atoms with Gasteiger partial charge in [0.15, 0.2) is 5.75 Å². The van der Waals surface area contributed by atoms with E-state index in [9.17, 15) is 22.8 Å². The van der Waals surface area contributed by atoms with Gasteiger partial charge in [-0.25, -0.2) is 22.4 Å². The first kappa shape index (κ1) is 32.5. The first-order valence-electron chi connectivity index (χ1n) is 14.9. The van der Waals surface area contributed by atoms with E-state index in [2.05, 4.69) is 16.5 Å². The normalized spacial score (nSPS) is 20.8. The van der Waals surface area contributed by atoms with Crippen LogP contribution in [0.1, 0.15) is 13.0 Å². The number of halogens is 6. The molecule has 3 aliphatic heterocycles. The number of nitrogens with zero attached hydrogens (tertiary/aromatic N) is 6. The van der Waals surface area contributed by atoms with E-state index < -0.39 is 29.8 Å². The van der Waals surface area contributed by atoms with Crippen molar-refractivity contribution in [3.63, 3.8) is 0 Å².